The number of piperidine rings is 1. The lowest BCUT2D eigenvalue weighted by Gasteiger charge is -2.35. The van der Waals surface area contributed by atoms with E-state index in [0.717, 1.165) is 73.6 Å². The van der Waals surface area contributed by atoms with Crippen LogP contribution in [0.5, 0.6) is 5.88 Å². The first-order valence-corrected chi connectivity index (χ1v) is 14.1. The van der Waals surface area contributed by atoms with Crippen molar-refractivity contribution in [3.63, 3.8) is 0 Å². The Kier molecular flexibility index (Phi) is 6.71. The van der Waals surface area contributed by atoms with E-state index >= 15 is 0 Å². The number of hydrogen-bond acceptors (Lipinski definition) is 3. The molecule has 0 unspecified atom stereocenters. The molecule has 4 aromatic rings. The Morgan fingerprint density at radius 1 is 0.947 bits per heavy atom. The number of hydrogen-bond donors (Lipinski definition) is 2. The standard InChI is InChI=1S/C33H37N3O2/c1-2-19-34-32(38)33(29-14-7-5-12-27(29)28-13-6-8-15-30(28)33)18-9-20-35-21-16-25(17-22-35)36-23-24-10-3-4-11-26(24)31(36)37/h3-8,10-15,23,25,37H,2,9,16-22H2,1H3,(H,34,38). The monoisotopic (exact) mass is 507 g/mol. The molecule has 2 heterocycles. The van der Waals surface area contributed by atoms with E-state index in [1.54, 1.807) is 0 Å². The highest BCUT2D eigenvalue weighted by Gasteiger charge is 2.48. The summed E-state index contributed by atoms with van der Waals surface area (Å²) < 4.78 is 2.07. The first kappa shape index (κ1) is 24.7. The smallest absolute Gasteiger partial charge is 0.235 e. The van der Waals surface area contributed by atoms with Gasteiger partial charge in [0, 0.05) is 42.6 Å². The predicted molar refractivity (Wildman–Crippen MR) is 154 cm³/mol. The van der Waals surface area contributed by atoms with Crippen LogP contribution in [0.15, 0.2) is 79.0 Å². The second kappa shape index (κ2) is 10.3. The number of amides is 1. The molecule has 1 saturated heterocycles. The zero-order chi connectivity index (χ0) is 26.1. The maximum atomic E-state index is 13.9. The summed E-state index contributed by atoms with van der Waals surface area (Å²) >= 11 is 0. The van der Waals surface area contributed by atoms with Gasteiger partial charge in [-0.15, -0.1) is 0 Å². The van der Waals surface area contributed by atoms with Crippen LogP contribution in [0.2, 0.25) is 0 Å². The van der Waals surface area contributed by atoms with Gasteiger partial charge in [0.05, 0.1) is 0 Å². The van der Waals surface area contributed by atoms with Crippen molar-refractivity contribution in [3.8, 4) is 17.0 Å². The molecular weight excluding hydrogens is 470 g/mol. The molecule has 38 heavy (non-hydrogen) atoms. The van der Waals surface area contributed by atoms with Crippen LogP contribution in [0.1, 0.15) is 56.2 Å². The van der Waals surface area contributed by atoms with Crippen LogP contribution in [-0.4, -0.2) is 46.7 Å². The average molecular weight is 508 g/mol. The van der Waals surface area contributed by atoms with Crippen LogP contribution in [0.25, 0.3) is 21.9 Å². The summed E-state index contributed by atoms with van der Waals surface area (Å²) in [4.78, 5) is 16.4. The van der Waals surface area contributed by atoms with E-state index in [1.807, 2.05) is 18.2 Å². The Bertz CT molecular complexity index is 1400. The van der Waals surface area contributed by atoms with Crippen LogP contribution in [-0.2, 0) is 10.2 Å². The van der Waals surface area contributed by atoms with E-state index in [2.05, 4.69) is 82.5 Å². The molecule has 1 aliphatic carbocycles. The van der Waals surface area contributed by atoms with Crippen LogP contribution in [0.3, 0.4) is 0 Å². The molecule has 0 radical (unpaired) electrons. The second-order valence-corrected chi connectivity index (χ2v) is 10.9. The quantitative estimate of drug-likeness (QED) is 0.296. The Hall–Kier alpha value is -3.57. The molecule has 6 rings (SSSR count). The third-order valence-electron chi connectivity index (χ3n) is 8.69. The number of nitrogens with one attached hydrogen (secondary N) is 1. The molecule has 2 aliphatic rings. The van der Waals surface area contributed by atoms with Gasteiger partial charge in [-0.2, -0.15) is 0 Å². The Labute approximate surface area is 225 Å². The Morgan fingerprint density at radius 3 is 2.24 bits per heavy atom. The molecule has 1 fully saturated rings. The van der Waals surface area contributed by atoms with Crippen LogP contribution >= 0.6 is 0 Å². The van der Waals surface area contributed by atoms with E-state index in [4.69, 9.17) is 0 Å². The maximum absolute atomic E-state index is 13.9. The molecule has 5 nitrogen and oxygen atoms in total. The van der Waals surface area contributed by atoms with Gasteiger partial charge in [-0.1, -0.05) is 73.7 Å². The number of aromatic hydroxyl groups is 1. The molecule has 0 atom stereocenters. The number of likely N-dealkylation sites (tertiary alicyclic amines) is 1. The topological polar surface area (TPSA) is 57.5 Å². The number of fused-ring (bicyclic) bond motifs is 4. The highest BCUT2D eigenvalue weighted by molar-refractivity contribution is 6.00. The molecule has 5 heteroatoms. The average Bonchev–Trinajstić information content (AvgIpc) is 3.45. The van der Waals surface area contributed by atoms with Gasteiger partial charge < -0.3 is 19.9 Å². The van der Waals surface area contributed by atoms with Gasteiger partial charge in [-0.3, -0.25) is 4.79 Å². The number of rotatable bonds is 8. The summed E-state index contributed by atoms with van der Waals surface area (Å²) in [5.41, 5.74) is 4.02. The molecule has 1 aliphatic heterocycles. The van der Waals surface area contributed by atoms with Crippen molar-refractivity contribution >= 4 is 16.7 Å². The highest BCUT2D eigenvalue weighted by atomic mass is 16.3. The molecule has 0 saturated carbocycles. The third-order valence-corrected chi connectivity index (χ3v) is 8.69. The first-order valence-electron chi connectivity index (χ1n) is 14.1. The van der Waals surface area contributed by atoms with Crippen molar-refractivity contribution in [3.05, 3.63) is 90.1 Å². The normalized spacial score (nSPS) is 16.9. The first-order chi connectivity index (χ1) is 18.6. The molecular formula is C33H37N3O2. The summed E-state index contributed by atoms with van der Waals surface area (Å²) in [5.74, 6) is 0.517. The van der Waals surface area contributed by atoms with Crippen molar-refractivity contribution in [2.75, 3.05) is 26.2 Å². The lowest BCUT2D eigenvalue weighted by Crippen LogP contribution is -2.45. The van der Waals surface area contributed by atoms with E-state index in [-0.39, 0.29) is 5.91 Å². The van der Waals surface area contributed by atoms with Crippen LogP contribution in [0, 0.1) is 0 Å². The fraction of sp³-hybridized carbons (Fsp3) is 0.364. The lowest BCUT2D eigenvalue weighted by molar-refractivity contribution is -0.125. The fourth-order valence-corrected chi connectivity index (χ4v) is 6.77. The zero-order valence-electron chi connectivity index (χ0n) is 22.2. The zero-order valence-corrected chi connectivity index (χ0v) is 22.2. The third kappa shape index (κ3) is 4.10. The minimum atomic E-state index is -0.641. The minimum Gasteiger partial charge on any atom is -0.494 e. The lowest BCUT2D eigenvalue weighted by atomic mass is 9.73. The number of carbonyl (C=O) groups is 1. The second-order valence-electron chi connectivity index (χ2n) is 10.9. The summed E-state index contributed by atoms with van der Waals surface area (Å²) in [6, 6.07) is 25.3. The van der Waals surface area contributed by atoms with Gasteiger partial charge in [0.1, 0.15) is 5.41 Å². The fourth-order valence-electron chi connectivity index (χ4n) is 6.77. The number of benzene rings is 3. The van der Waals surface area contributed by atoms with E-state index < -0.39 is 5.41 Å². The number of nitrogens with zero attached hydrogens (tertiary/aromatic N) is 2. The molecule has 196 valence electrons. The summed E-state index contributed by atoms with van der Waals surface area (Å²) in [5, 5.41) is 16.1. The van der Waals surface area contributed by atoms with Gasteiger partial charge in [-0.05, 0) is 67.0 Å². The molecule has 2 N–H and O–H groups in total. The largest absolute Gasteiger partial charge is 0.494 e. The van der Waals surface area contributed by atoms with Gasteiger partial charge in [0.25, 0.3) is 0 Å². The van der Waals surface area contributed by atoms with Crippen molar-refractivity contribution in [2.24, 2.45) is 0 Å². The molecule has 3 aromatic carbocycles. The minimum absolute atomic E-state index is 0.130. The molecule has 1 amide bonds. The van der Waals surface area contributed by atoms with E-state index in [1.165, 1.54) is 11.1 Å². The number of carbonyl (C=O) groups excluding carboxylic acids is 1. The predicted octanol–water partition coefficient (Wildman–Crippen LogP) is 6.26. The SMILES string of the molecule is CCCNC(=O)C1(CCCN2CCC(n3cc4ccccc4c3O)CC2)c2ccccc2-c2ccccc21. The van der Waals surface area contributed by atoms with Crippen molar-refractivity contribution in [2.45, 2.75) is 50.5 Å². The summed E-state index contributed by atoms with van der Waals surface area (Å²) in [6.07, 6.45) is 6.79. The van der Waals surface area contributed by atoms with E-state index in [0.29, 0.717) is 18.5 Å². The van der Waals surface area contributed by atoms with Gasteiger partial charge in [0.2, 0.25) is 5.91 Å². The Balaban J connectivity index is 1.17. The van der Waals surface area contributed by atoms with Crippen LogP contribution < -0.4 is 5.32 Å². The molecule has 0 spiro atoms. The van der Waals surface area contributed by atoms with Gasteiger partial charge in [-0.25, -0.2) is 0 Å². The number of aromatic nitrogens is 1. The Morgan fingerprint density at radius 2 is 1.58 bits per heavy atom. The van der Waals surface area contributed by atoms with Crippen molar-refractivity contribution in [1.82, 2.24) is 14.8 Å². The maximum Gasteiger partial charge on any atom is 0.235 e. The van der Waals surface area contributed by atoms with Crippen LogP contribution in [0.4, 0.5) is 0 Å². The van der Waals surface area contributed by atoms with Crippen molar-refractivity contribution in [1.29, 1.82) is 0 Å². The highest BCUT2D eigenvalue weighted by Crippen LogP contribution is 2.51. The summed E-state index contributed by atoms with van der Waals surface area (Å²) in [7, 11) is 0. The van der Waals surface area contributed by atoms with Gasteiger partial charge in [0.15, 0.2) is 5.88 Å². The van der Waals surface area contributed by atoms with Gasteiger partial charge >= 0.3 is 0 Å². The summed E-state index contributed by atoms with van der Waals surface area (Å²) in [6.45, 7) is 5.77. The molecule has 1 aromatic heterocycles. The molecule has 0 bridgehead atoms. The van der Waals surface area contributed by atoms with Crippen molar-refractivity contribution < 1.29 is 9.90 Å². The van der Waals surface area contributed by atoms with E-state index in [9.17, 15) is 9.90 Å².